The first kappa shape index (κ1) is 18.0. The van der Waals surface area contributed by atoms with E-state index in [0.29, 0.717) is 5.75 Å². The average Bonchev–Trinajstić information content (AvgIpc) is 2.48. The Morgan fingerprint density at radius 3 is 1.81 bits per heavy atom. The topological polar surface area (TPSA) is 20.2 Å². The summed E-state index contributed by atoms with van der Waals surface area (Å²) in [7, 11) is 0. The Kier molecular flexibility index (Phi) is 8.44. The fraction of sp³-hybridized carbons (Fsp3) is 0.684. The van der Waals surface area contributed by atoms with Crippen molar-refractivity contribution in [3.8, 4) is 5.75 Å². The minimum atomic E-state index is 0.395. The Bertz CT molecular complexity index is 367. The van der Waals surface area contributed by atoms with Gasteiger partial charge in [-0.15, -0.1) is 0 Å². The van der Waals surface area contributed by atoms with Crippen LogP contribution in [0.5, 0.6) is 5.75 Å². The highest BCUT2D eigenvalue weighted by Gasteiger charge is 2.26. The first-order valence-corrected chi connectivity index (χ1v) is 8.78. The summed E-state index contributed by atoms with van der Waals surface area (Å²) in [5.74, 6) is 0.395. The van der Waals surface area contributed by atoms with E-state index in [1.807, 2.05) is 12.1 Å². The zero-order chi connectivity index (χ0) is 15.6. The zero-order valence-electron chi connectivity index (χ0n) is 14.3. The van der Waals surface area contributed by atoms with Gasteiger partial charge in [0.2, 0.25) is 0 Å². The van der Waals surface area contributed by atoms with Gasteiger partial charge < -0.3 is 9.59 Å². The second-order valence-corrected chi connectivity index (χ2v) is 6.40. The van der Waals surface area contributed by atoms with Gasteiger partial charge in [-0.3, -0.25) is 0 Å². The van der Waals surface area contributed by atoms with Gasteiger partial charge in [-0.2, -0.15) is 0 Å². The molecule has 1 rings (SSSR count). The number of nitrogens with zero attached hydrogens (tertiary/aromatic N) is 1. The van der Waals surface area contributed by atoms with Crippen molar-refractivity contribution in [3.05, 3.63) is 29.8 Å². The van der Waals surface area contributed by atoms with E-state index in [1.54, 1.807) is 6.07 Å². The first-order chi connectivity index (χ1) is 10.2. The molecule has 0 aliphatic carbocycles. The third-order valence-electron chi connectivity index (χ3n) is 4.39. The second kappa shape index (κ2) is 9.83. The lowest BCUT2D eigenvalue weighted by atomic mass is 10.1. The monoisotopic (exact) mass is 292 g/mol. The third kappa shape index (κ3) is 6.52. The van der Waals surface area contributed by atoms with Crippen molar-refractivity contribution < 1.29 is 9.59 Å². The molecule has 0 fully saturated rings. The van der Waals surface area contributed by atoms with Gasteiger partial charge in [0.1, 0.15) is 12.3 Å². The van der Waals surface area contributed by atoms with Gasteiger partial charge in [-0.1, -0.05) is 52.2 Å². The molecule has 0 radical (unpaired) electrons. The number of hydrogen-bond donors (Lipinski definition) is 1. The van der Waals surface area contributed by atoms with Crippen molar-refractivity contribution in [1.82, 2.24) is 0 Å². The Hall–Kier alpha value is -1.02. The molecule has 1 N–H and O–H groups in total. The molecule has 0 saturated heterocycles. The van der Waals surface area contributed by atoms with Crippen LogP contribution < -0.4 is 0 Å². The minimum Gasteiger partial charge on any atom is -0.508 e. The maximum absolute atomic E-state index is 9.73. The fourth-order valence-corrected chi connectivity index (χ4v) is 3.10. The van der Waals surface area contributed by atoms with Crippen LogP contribution in [0, 0.1) is 0 Å². The number of benzene rings is 1. The summed E-state index contributed by atoms with van der Waals surface area (Å²) in [5.41, 5.74) is 1.28. The molecule has 0 atom stereocenters. The standard InChI is InChI=1S/C19H33NO/c1-4-7-13-20(14-8-5-2,15-9-6-3)17-18-11-10-12-19(21)16-18/h10-12,16H,4-9,13-15,17H2,1-3H3/p+1. The van der Waals surface area contributed by atoms with Crippen molar-refractivity contribution in [2.45, 2.75) is 65.8 Å². The molecule has 0 unspecified atom stereocenters. The van der Waals surface area contributed by atoms with E-state index in [2.05, 4.69) is 26.8 Å². The Balaban J connectivity index is 2.88. The highest BCUT2D eigenvalue weighted by Crippen LogP contribution is 2.22. The van der Waals surface area contributed by atoms with E-state index in [4.69, 9.17) is 0 Å². The molecule has 0 bridgehead atoms. The highest BCUT2D eigenvalue weighted by molar-refractivity contribution is 5.26. The maximum Gasteiger partial charge on any atom is 0.116 e. The van der Waals surface area contributed by atoms with Crippen LogP contribution in [-0.2, 0) is 6.54 Å². The molecule has 21 heavy (non-hydrogen) atoms. The summed E-state index contributed by atoms with van der Waals surface area (Å²) in [6.07, 6.45) is 7.68. The van der Waals surface area contributed by atoms with Crippen LogP contribution in [0.15, 0.2) is 24.3 Å². The lowest BCUT2D eigenvalue weighted by molar-refractivity contribution is -0.941. The molecule has 0 aromatic heterocycles. The lowest BCUT2D eigenvalue weighted by Gasteiger charge is -2.39. The van der Waals surface area contributed by atoms with Gasteiger partial charge in [0.05, 0.1) is 19.6 Å². The summed E-state index contributed by atoms with van der Waals surface area (Å²) in [5, 5.41) is 9.73. The maximum atomic E-state index is 9.73. The van der Waals surface area contributed by atoms with Gasteiger partial charge in [0.25, 0.3) is 0 Å². The predicted octanol–water partition coefficient (Wildman–Crippen LogP) is 5.11. The normalized spacial score (nSPS) is 11.8. The van der Waals surface area contributed by atoms with Crippen LogP contribution >= 0.6 is 0 Å². The Labute approximate surface area is 131 Å². The second-order valence-electron chi connectivity index (χ2n) is 6.40. The number of hydrogen-bond acceptors (Lipinski definition) is 1. The van der Waals surface area contributed by atoms with E-state index in [-0.39, 0.29) is 0 Å². The number of phenols is 1. The van der Waals surface area contributed by atoms with E-state index in [0.717, 1.165) is 6.54 Å². The molecule has 1 aromatic carbocycles. The highest BCUT2D eigenvalue weighted by atomic mass is 16.3. The number of unbranched alkanes of at least 4 members (excludes halogenated alkanes) is 3. The van der Waals surface area contributed by atoms with E-state index >= 15 is 0 Å². The fourth-order valence-electron chi connectivity index (χ4n) is 3.10. The van der Waals surface area contributed by atoms with E-state index in [9.17, 15) is 5.11 Å². The number of aromatic hydroxyl groups is 1. The SMILES string of the molecule is CCCC[N+](CCCC)(CCCC)Cc1cccc(O)c1. The summed E-state index contributed by atoms with van der Waals surface area (Å²) >= 11 is 0. The van der Waals surface area contributed by atoms with Crippen LogP contribution in [0.1, 0.15) is 64.9 Å². The smallest absolute Gasteiger partial charge is 0.116 e. The van der Waals surface area contributed by atoms with Crippen molar-refractivity contribution in [1.29, 1.82) is 0 Å². The van der Waals surface area contributed by atoms with Crippen molar-refractivity contribution >= 4 is 0 Å². The minimum absolute atomic E-state index is 0.395. The predicted molar refractivity (Wildman–Crippen MR) is 91.4 cm³/mol. The molecule has 0 aliphatic heterocycles. The summed E-state index contributed by atoms with van der Waals surface area (Å²) < 4.78 is 1.19. The summed E-state index contributed by atoms with van der Waals surface area (Å²) in [6, 6.07) is 7.84. The van der Waals surface area contributed by atoms with Gasteiger partial charge >= 0.3 is 0 Å². The van der Waals surface area contributed by atoms with Crippen molar-refractivity contribution in [2.24, 2.45) is 0 Å². The number of quaternary nitrogens is 1. The van der Waals surface area contributed by atoms with Crippen LogP contribution in [-0.4, -0.2) is 29.2 Å². The molecule has 120 valence electrons. The molecular weight excluding hydrogens is 258 g/mol. The van der Waals surface area contributed by atoms with Crippen LogP contribution in [0.25, 0.3) is 0 Å². The lowest BCUT2D eigenvalue weighted by Crippen LogP contribution is -2.49. The van der Waals surface area contributed by atoms with Crippen LogP contribution in [0.3, 0.4) is 0 Å². The van der Waals surface area contributed by atoms with E-state index < -0.39 is 0 Å². The van der Waals surface area contributed by atoms with E-state index in [1.165, 1.54) is 68.2 Å². The van der Waals surface area contributed by atoms with Crippen molar-refractivity contribution in [3.63, 3.8) is 0 Å². The molecule has 0 saturated carbocycles. The van der Waals surface area contributed by atoms with Gasteiger partial charge in [0.15, 0.2) is 0 Å². The molecule has 2 heteroatoms. The largest absolute Gasteiger partial charge is 0.508 e. The average molecular weight is 292 g/mol. The van der Waals surface area contributed by atoms with Gasteiger partial charge in [-0.05, 0) is 31.4 Å². The molecule has 0 aliphatic rings. The number of rotatable bonds is 11. The molecular formula is C19H34NO+. The quantitative estimate of drug-likeness (QED) is 0.562. The molecule has 1 aromatic rings. The van der Waals surface area contributed by atoms with Gasteiger partial charge in [0, 0.05) is 5.56 Å². The number of phenolic OH excluding ortho intramolecular Hbond substituents is 1. The van der Waals surface area contributed by atoms with Crippen LogP contribution in [0.2, 0.25) is 0 Å². The Morgan fingerprint density at radius 2 is 1.38 bits per heavy atom. The zero-order valence-corrected chi connectivity index (χ0v) is 14.3. The third-order valence-corrected chi connectivity index (χ3v) is 4.39. The molecule has 0 spiro atoms. The van der Waals surface area contributed by atoms with Gasteiger partial charge in [-0.25, -0.2) is 0 Å². The summed E-state index contributed by atoms with van der Waals surface area (Å²) in [6.45, 7) is 11.7. The van der Waals surface area contributed by atoms with Crippen molar-refractivity contribution in [2.75, 3.05) is 19.6 Å². The molecule has 0 amide bonds. The molecule has 2 nitrogen and oxygen atoms in total. The first-order valence-electron chi connectivity index (χ1n) is 8.78. The van der Waals surface area contributed by atoms with Crippen LogP contribution in [0.4, 0.5) is 0 Å². The molecule has 0 heterocycles. The Morgan fingerprint density at radius 1 is 0.857 bits per heavy atom. The summed E-state index contributed by atoms with van der Waals surface area (Å²) in [4.78, 5) is 0.